The Morgan fingerprint density at radius 3 is 2.92 bits per heavy atom. The van der Waals surface area contributed by atoms with Crippen molar-refractivity contribution >= 4 is 12.6 Å². The van der Waals surface area contributed by atoms with Crippen molar-refractivity contribution in [2.24, 2.45) is 0 Å². The third-order valence-electron chi connectivity index (χ3n) is 2.43. The monoisotopic (exact) mass is 183 g/mol. The maximum atomic E-state index is 5.26. The van der Waals surface area contributed by atoms with Crippen LogP contribution in [0, 0.1) is 0 Å². The van der Waals surface area contributed by atoms with Crippen molar-refractivity contribution in [3.8, 4) is 0 Å². The summed E-state index contributed by atoms with van der Waals surface area (Å²) in [5, 5.41) is 4.01. The second-order valence-electron chi connectivity index (χ2n) is 3.25. The summed E-state index contributed by atoms with van der Waals surface area (Å²) in [7, 11) is 0. The molecule has 0 amide bonds. The molecule has 2 nitrogen and oxygen atoms in total. The molecule has 0 bridgehead atoms. The van der Waals surface area contributed by atoms with Crippen LogP contribution in [0.1, 0.15) is 36.3 Å². The van der Waals surface area contributed by atoms with E-state index in [0.717, 1.165) is 24.3 Å². The fourth-order valence-electron chi connectivity index (χ4n) is 1.75. The molecule has 1 heterocycles. The average Bonchev–Trinajstić information content (AvgIpc) is 2.33. The molecular formula is C9H13NOS. The molecule has 1 aromatic heterocycles. The molecule has 1 aromatic rings. The summed E-state index contributed by atoms with van der Waals surface area (Å²) in [6, 6.07) is 0. The molecule has 1 aliphatic rings. The van der Waals surface area contributed by atoms with Crippen LogP contribution in [-0.2, 0) is 18.6 Å². The lowest BCUT2D eigenvalue weighted by atomic mass is 10.1. The molecule has 0 fully saturated rings. The van der Waals surface area contributed by atoms with Crippen molar-refractivity contribution in [2.45, 2.75) is 37.9 Å². The smallest absolute Gasteiger partial charge is 0.140 e. The van der Waals surface area contributed by atoms with Gasteiger partial charge in [-0.05, 0) is 19.3 Å². The average molecular weight is 183 g/mol. The van der Waals surface area contributed by atoms with E-state index in [2.05, 4.69) is 17.8 Å². The van der Waals surface area contributed by atoms with Crippen molar-refractivity contribution in [1.82, 2.24) is 5.16 Å². The van der Waals surface area contributed by atoms with Crippen LogP contribution in [0.5, 0.6) is 0 Å². The van der Waals surface area contributed by atoms with Gasteiger partial charge < -0.3 is 4.52 Å². The Morgan fingerprint density at radius 2 is 2.08 bits per heavy atom. The molecule has 0 radical (unpaired) electrons. The van der Waals surface area contributed by atoms with E-state index < -0.39 is 0 Å². The number of thiol groups is 1. The predicted molar refractivity (Wildman–Crippen MR) is 50.5 cm³/mol. The number of hydrogen-bond donors (Lipinski definition) is 1. The first-order valence-electron chi connectivity index (χ1n) is 4.49. The van der Waals surface area contributed by atoms with E-state index in [1.54, 1.807) is 0 Å². The summed E-state index contributed by atoms with van der Waals surface area (Å²) >= 11 is 4.22. The van der Waals surface area contributed by atoms with Crippen molar-refractivity contribution in [3.63, 3.8) is 0 Å². The molecular weight excluding hydrogens is 170 g/mol. The Hall–Kier alpha value is -0.440. The molecule has 0 saturated heterocycles. The molecule has 0 unspecified atom stereocenters. The van der Waals surface area contributed by atoms with Gasteiger partial charge in [0, 0.05) is 17.7 Å². The minimum Gasteiger partial charge on any atom is -0.361 e. The number of nitrogens with zero attached hydrogens (tertiary/aromatic N) is 1. The topological polar surface area (TPSA) is 26.0 Å². The summed E-state index contributed by atoms with van der Waals surface area (Å²) in [6.45, 7) is 0. The van der Waals surface area contributed by atoms with Gasteiger partial charge in [0.15, 0.2) is 0 Å². The SMILES string of the molecule is SCc1noc2c1CCCCC2. The molecule has 0 aliphatic heterocycles. The Morgan fingerprint density at radius 1 is 1.25 bits per heavy atom. The van der Waals surface area contributed by atoms with E-state index in [9.17, 15) is 0 Å². The summed E-state index contributed by atoms with van der Waals surface area (Å²) in [6.07, 6.45) is 6.03. The number of hydrogen-bond acceptors (Lipinski definition) is 3. The molecule has 0 spiro atoms. The first kappa shape index (κ1) is 8.17. The molecule has 12 heavy (non-hydrogen) atoms. The van der Waals surface area contributed by atoms with E-state index >= 15 is 0 Å². The summed E-state index contributed by atoms with van der Waals surface area (Å²) in [4.78, 5) is 0. The van der Waals surface area contributed by atoms with E-state index in [0.29, 0.717) is 5.75 Å². The molecule has 2 rings (SSSR count). The first-order valence-corrected chi connectivity index (χ1v) is 5.12. The highest BCUT2D eigenvalue weighted by atomic mass is 32.1. The Balaban J connectivity index is 2.32. The van der Waals surface area contributed by atoms with Gasteiger partial charge >= 0.3 is 0 Å². The zero-order valence-corrected chi connectivity index (χ0v) is 7.94. The largest absolute Gasteiger partial charge is 0.361 e. The van der Waals surface area contributed by atoms with Gasteiger partial charge in [-0.3, -0.25) is 0 Å². The number of aryl methyl sites for hydroxylation is 1. The minimum atomic E-state index is 0.707. The van der Waals surface area contributed by atoms with Crippen LogP contribution in [-0.4, -0.2) is 5.16 Å². The Kier molecular flexibility index (Phi) is 2.40. The quantitative estimate of drug-likeness (QED) is 0.534. The molecule has 0 N–H and O–H groups in total. The van der Waals surface area contributed by atoms with Crippen LogP contribution in [0.3, 0.4) is 0 Å². The molecule has 0 atom stereocenters. The lowest BCUT2D eigenvalue weighted by Gasteiger charge is -1.95. The van der Waals surface area contributed by atoms with Crippen LogP contribution < -0.4 is 0 Å². The predicted octanol–water partition coefficient (Wildman–Crippen LogP) is 2.37. The van der Waals surface area contributed by atoms with Gasteiger partial charge in [0.05, 0.1) is 5.69 Å². The van der Waals surface area contributed by atoms with Crippen LogP contribution in [0.25, 0.3) is 0 Å². The summed E-state index contributed by atoms with van der Waals surface area (Å²) < 4.78 is 5.26. The van der Waals surface area contributed by atoms with Crippen LogP contribution in [0.4, 0.5) is 0 Å². The highest BCUT2D eigenvalue weighted by molar-refractivity contribution is 7.79. The van der Waals surface area contributed by atoms with Crippen molar-refractivity contribution in [3.05, 3.63) is 17.0 Å². The van der Waals surface area contributed by atoms with Crippen LogP contribution in [0.2, 0.25) is 0 Å². The lowest BCUT2D eigenvalue weighted by molar-refractivity contribution is 0.376. The third-order valence-corrected chi connectivity index (χ3v) is 2.73. The maximum absolute atomic E-state index is 5.26. The van der Waals surface area contributed by atoms with E-state index in [1.807, 2.05) is 0 Å². The molecule has 0 saturated carbocycles. The van der Waals surface area contributed by atoms with E-state index in [1.165, 1.54) is 24.8 Å². The first-order chi connectivity index (χ1) is 5.92. The van der Waals surface area contributed by atoms with Gasteiger partial charge in [0.25, 0.3) is 0 Å². The van der Waals surface area contributed by atoms with Crippen molar-refractivity contribution in [2.75, 3.05) is 0 Å². The van der Waals surface area contributed by atoms with Gasteiger partial charge in [0.1, 0.15) is 5.76 Å². The Labute approximate surface area is 77.7 Å². The zero-order valence-electron chi connectivity index (χ0n) is 7.05. The number of fused-ring (bicyclic) bond motifs is 1. The fraction of sp³-hybridized carbons (Fsp3) is 0.667. The van der Waals surface area contributed by atoms with Gasteiger partial charge in [0.2, 0.25) is 0 Å². The summed E-state index contributed by atoms with van der Waals surface area (Å²) in [5.74, 6) is 1.82. The normalized spacial score (nSPS) is 17.1. The second kappa shape index (κ2) is 3.52. The standard InChI is InChI=1S/C9H13NOS/c12-6-8-7-4-2-1-3-5-9(7)11-10-8/h12H,1-6H2. The zero-order chi connectivity index (χ0) is 8.39. The van der Waals surface area contributed by atoms with Crippen LogP contribution >= 0.6 is 12.6 Å². The van der Waals surface area contributed by atoms with E-state index in [4.69, 9.17) is 4.52 Å². The summed E-state index contributed by atoms with van der Waals surface area (Å²) in [5.41, 5.74) is 2.39. The lowest BCUT2D eigenvalue weighted by Crippen LogP contribution is -1.89. The minimum absolute atomic E-state index is 0.707. The van der Waals surface area contributed by atoms with Gasteiger partial charge in [-0.25, -0.2) is 0 Å². The number of rotatable bonds is 1. The van der Waals surface area contributed by atoms with Crippen LogP contribution in [0.15, 0.2) is 4.52 Å². The molecule has 3 heteroatoms. The maximum Gasteiger partial charge on any atom is 0.140 e. The van der Waals surface area contributed by atoms with Gasteiger partial charge in [-0.1, -0.05) is 11.6 Å². The molecule has 0 aromatic carbocycles. The highest BCUT2D eigenvalue weighted by Crippen LogP contribution is 2.24. The fourth-order valence-corrected chi connectivity index (χ4v) is 2.00. The van der Waals surface area contributed by atoms with E-state index in [-0.39, 0.29) is 0 Å². The van der Waals surface area contributed by atoms with Crippen molar-refractivity contribution < 1.29 is 4.52 Å². The highest BCUT2D eigenvalue weighted by Gasteiger charge is 2.16. The molecule has 66 valence electrons. The third kappa shape index (κ3) is 1.38. The number of aromatic nitrogens is 1. The second-order valence-corrected chi connectivity index (χ2v) is 3.57. The van der Waals surface area contributed by atoms with Crippen molar-refractivity contribution in [1.29, 1.82) is 0 Å². The van der Waals surface area contributed by atoms with Gasteiger partial charge in [-0.15, -0.1) is 0 Å². The Bertz CT molecular complexity index is 269. The molecule has 1 aliphatic carbocycles. The van der Waals surface area contributed by atoms with Gasteiger partial charge in [-0.2, -0.15) is 12.6 Å².